The number of carbonyl (C=O) groups excluding carboxylic acids is 1. The topological polar surface area (TPSA) is 64.1 Å². The Morgan fingerprint density at radius 1 is 1.25 bits per heavy atom. The summed E-state index contributed by atoms with van der Waals surface area (Å²) in [6, 6.07) is 9.76. The quantitative estimate of drug-likeness (QED) is 0.795. The number of hydrogen-bond donors (Lipinski definition) is 1. The fourth-order valence-corrected chi connectivity index (χ4v) is 3.46. The number of amides is 1. The number of hydrogen-bond acceptors (Lipinski definition) is 5. The Balaban J connectivity index is 1.47. The average Bonchev–Trinajstić information content (AvgIpc) is 3.29. The van der Waals surface area contributed by atoms with Crippen molar-refractivity contribution >= 4 is 17.2 Å². The van der Waals surface area contributed by atoms with E-state index in [-0.39, 0.29) is 12.0 Å². The minimum absolute atomic E-state index is 0.0544. The summed E-state index contributed by atoms with van der Waals surface area (Å²) in [6.45, 7) is 0.482. The third-order valence-corrected chi connectivity index (χ3v) is 4.80. The van der Waals surface area contributed by atoms with Crippen molar-refractivity contribution in [3.8, 4) is 16.9 Å². The molecule has 4 rings (SSSR count). The number of carbonyl (C=O) groups is 1. The van der Waals surface area contributed by atoms with Crippen LogP contribution in [0.4, 0.5) is 0 Å². The van der Waals surface area contributed by atoms with E-state index in [4.69, 9.17) is 4.74 Å². The number of thiophene rings is 1. The van der Waals surface area contributed by atoms with E-state index < -0.39 is 0 Å². The molecule has 1 aliphatic heterocycles. The zero-order valence-electron chi connectivity index (χ0n) is 12.8. The lowest BCUT2D eigenvalue weighted by Crippen LogP contribution is -2.34. The van der Waals surface area contributed by atoms with E-state index in [0.717, 1.165) is 28.9 Å². The highest BCUT2D eigenvalue weighted by Gasteiger charge is 2.26. The molecule has 0 aliphatic carbocycles. The zero-order valence-corrected chi connectivity index (χ0v) is 13.6. The van der Waals surface area contributed by atoms with Gasteiger partial charge in [0.2, 0.25) is 0 Å². The normalized spacial score (nSPS) is 15.6. The second-order valence-electron chi connectivity index (χ2n) is 5.55. The Hall–Kier alpha value is -2.73. The summed E-state index contributed by atoms with van der Waals surface area (Å²) in [7, 11) is 0. The Morgan fingerprint density at radius 2 is 2.12 bits per heavy atom. The molecule has 0 radical (unpaired) electrons. The van der Waals surface area contributed by atoms with Crippen LogP contribution >= 0.6 is 11.3 Å². The molecule has 0 spiro atoms. The molecule has 24 heavy (non-hydrogen) atoms. The van der Waals surface area contributed by atoms with Crippen LogP contribution in [0.25, 0.3) is 11.1 Å². The van der Waals surface area contributed by atoms with E-state index in [9.17, 15) is 4.79 Å². The first-order valence-corrected chi connectivity index (χ1v) is 8.55. The molecule has 120 valence electrons. The fourth-order valence-electron chi connectivity index (χ4n) is 2.82. The van der Waals surface area contributed by atoms with Crippen LogP contribution in [-0.2, 0) is 6.42 Å². The van der Waals surface area contributed by atoms with Crippen LogP contribution in [0.15, 0.2) is 54.4 Å². The van der Waals surface area contributed by atoms with E-state index in [0.29, 0.717) is 11.4 Å². The van der Waals surface area contributed by atoms with Crippen molar-refractivity contribution in [2.45, 2.75) is 12.5 Å². The molecule has 1 aliphatic rings. The first-order valence-electron chi connectivity index (χ1n) is 7.67. The SMILES string of the molecule is O=C(NC[C@H]1Cc2cccc(-c3cncnc3)c2O1)c1cccs1. The van der Waals surface area contributed by atoms with Crippen molar-refractivity contribution in [1.29, 1.82) is 0 Å². The first kappa shape index (κ1) is 14.8. The molecule has 0 saturated carbocycles. The second-order valence-corrected chi connectivity index (χ2v) is 6.50. The Labute approximate surface area is 143 Å². The predicted molar refractivity (Wildman–Crippen MR) is 92.2 cm³/mol. The van der Waals surface area contributed by atoms with E-state index in [1.54, 1.807) is 12.4 Å². The smallest absolute Gasteiger partial charge is 0.261 e. The summed E-state index contributed by atoms with van der Waals surface area (Å²) < 4.78 is 6.09. The van der Waals surface area contributed by atoms with Gasteiger partial charge in [0.1, 0.15) is 18.2 Å². The largest absolute Gasteiger partial charge is 0.487 e. The highest BCUT2D eigenvalue weighted by atomic mass is 32.1. The van der Waals surface area contributed by atoms with Crippen LogP contribution in [0.1, 0.15) is 15.2 Å². The van der Waals surface area contributed by atoms with Crippen molar-refractivity contribution < 1.29 is 9.53 Å². The number of nitrogens with zero attached hydrogens (tertiary/aromatic N) is 2. The van der Waals surface area contributed by atoms with Gasteiger partial charge in [0.25, 0.3) is 5.91 Å². The van der Waals surface area contributed by atoms with E-state index in [2.05, 4.69) is 21.4 Å². The minimum atomic E-state index is -0.0605. The number of nitrogens with one attached hydrogen (secondary N) is 1. The summed E-state index contributed by atoms with van der Waals surface area (Å²) in [5.41, 5.74) is 3.06. The molecular formula is C18H15N3O2S. The Kier molecular flexibility index (Phi) is 3.96. The molecule has 1 amide bonds. The minimum Gasteiger partial charge on any atom is -0.487 e. The third-order valence-electron chi connectivity index (χ3n) is 3.94. The lowest BCUT2D eigenvalue weighted by molar-refractivity contribution is 0.0937. The average molecular weight is 337 g/mol. The van der Waals surface area contributed by atoms with Crippen LogP contribution in [0.2, 0.25) is 0 Å². The number of benzene rings is 1. The predicted octanol–water partition coefficient (Wildman–Crippen LogP) is 2.94. The maximum atomic E-state index is 12.1. The van der Waals surface area contributed by atoms with Gasteiger partial charge in [-0.25, -0.2) is 9.97 Å². The van der Waals surface area contributed by atoms with Gasteiger partial charge in [-0.2, -0.15) is 0 Å². The number of rotatable bonds is 4. The van der Waals surface area contributed by atoms with Crippen LogP contribution in [-0.4, -0.2) is 28.5 Å². The van der Waals surface area contributed by atoms with E-state index in [1.807, 2.05) is 29.6 Å². The van der Waals surface area contributed by atoms with Crippen LogP contribution in [0.3, 0.4) is 0 Å². The molecule has 6 heteroatoms. The van der Waals surface area contributed by atoms with E-state index in [1.165, 1.54) is 17.7 Å². The zero-order chi connectivity index (χ0) is 16.4. The van der Waals surface area contributed by atoms with Gasteiger partial charge in [-0.1, -0.05) is 24.3 Å². The fraction of sp³-hybridized carbons (Fsp3) is 0.167. The maximum Gasteiger partial charge on any atom is 0.261 e. The molecule has 2 aromatic heterocycles. The molecule has 5 nitrogen and oxygen atoms in total. The van der Waals surface area contributed by atoms with Gasteiger partial charge < -0.3 is 10.1 Å². The van der Waals surface area contributed by atoms with Gasteiger partial charge in [-0.15, -0.1) is 11.3 Å². The summed E-state index contributed by atoms with van der Waals surface area (Å²) in [5, 5.41) is 4.84. The van der Waals surface area contributed by atoms with Gasteiger partial charge in [0.15, 0.2) is 0 Å². The van der Waals surface area contributed by atoms with Gasteiger partial charge in [0.05, 0.1) is 11.4 Å². The third kappa shape index (κ3) is 2.88. The highest BCUT2D eigenvalue weighted by Crippen LogP contribution is 2.38. The van der Waals surface area contributed by atoms with Crippen molar-refractivity contribution in [2.24, 2.45) is 0 Å². The van der Waals surface area contributed by atoms with Gasteiger partial charge >= 0.3 is 0 Å². The van der Waals surface area contributed by atoms with Crippen LogP contribution in [0.5, 0.6) is 5.75 Å². The number of para-hydroxylation sites is 1. The van der Waals surface area contributed by atoms with Crippen molar-refractivity contribution in [2.75, 3.05) is 6.54 Å². The molecule has 1 atom stereocenters. The summed E-state index contributed by atoms with van der Waals surface area (Å²) in [4.78, 5) is 20.9. The van der Waals surface area contributed by atoms with Crippen molar-refractivity contribution in [3.63, 3.8) is 0 Å². The maximum absolute atomic E-state index is 12.1. The molecule has 0 saturated heterocycles. The van der Waals surface area contributed by atoms with Crippen LogP contribution in [0, 0.1) is 0 Å². The van der Waals surface area contributed by atoms with Crippen molar-refractivity contribution in [1.82, 2.24) is 15.3 Å². The number of fused-ring (bicyclic) bond motifs is 1. The van der Waals surface area contributed by atoms with Crippen LogP contribution < -0.4 is 10.1 Å². The molecule has 3 aromatic rings. The Bertz CT molecular complexity index is 850. The molecular weight excluding hydrogens is 322 g/mol. The lowest BCUT2D eigenvalue weighted by Gasteiger charge is -2.13. The molecule has 0 fully saturated rings. The molecule has 0 unspecified atom stereocenters. The lowest BCUT2D eigenvalue weighted by atomic mass is 10.0. The van der Waals surface area contributed by atoms with Crippen molar-refractivity contribution in [3.05, 3.63) is 64.9 Å². The molecule has 3 heterocycles. The van der Waals surface area contributed by atoms with Gasteiger partial charge in [0, 0.05) is 29.9 Å². The second kappa shape index (κ2) is 6.41. The monoisotopic (exact) mass is 337 g/mol. The molecule has 1 aromatic carbocycles. The van der Waals surface area contributed by atoms with E-state index >= 15 is 0 Å². The molecule has 1 N–H and O–H groups in total. The summed E-state index contributed by atoms with van der Waals surface area (Å²) in [5.74, 6) is 0.809. The Morgan fingerprint density at radius 3 is 2.92 bits per heavy atom. The van der Waals surface area contributed by atoms with Gasteiger partial charge in [-0.05, 0) is 17.0 Å². The number of aromatic nitrogens is 2. The summed E-state index contributed by atoms with van der Waals surface area (Å²) in [6.07, 6.45) is 5.78. The standard InChI is InChI=1S/C18H15N3O2S/c22-18(16-5-2-6-24-16)21-10-14-7-12-3-1-4-15(17(12)23-14)13-8-19-11-20-9-13/h1-6,8-9,11,14H,7,10H2,(H,21,22)/t14-/m1/s1. The first-order chi connectivity index (χ1) is 11.8. The molecule has 0 bridgehead atoms. The van der Waals surface area contributed by atoms with Gasteiger partial charge in [-0.3, -0.25) is 4.79 Å². The number of ether oxygens (including phenoxy) is 1. The highest BCUT2D eigenvalue weighted by molar-refractivity contribution is 7.12. The summed E-state index contributed by atoms with van der Waals surface area (Å²) >= 11 is 1.43.